The molecule has 2 N–H and O–H groups in total. The summed E-state index contributed by atoms with van der Waals surface area (Å²) in [7, 11) is -2.30. The molecule has 0 amide bonds. The molecule has 0 aromatic heterocycles. The molecule has 0 aliphatic rings. The third kappa shape index (κ3) is 4.98. The third-order valence-electron chi connectivity index (χ3n) is 2.90. The zero-order valence-electron chi connectivity index (χ0n) is 12.6. The summed E-state index contributed by atoms with van der Waals surface area (Å²) in [5.41, 5.74) is 0.0187. The maximum Gasteiger partial charge on any atom is 0.291 e. The van der Waals surface area contributed by atoms with Gasteiger partial charge in [-0.25, -0.2) is 13.1 Å². The Morgan fingerprint density at radius 1 is 1.29 bits per heavy atom. The Morgan fingerprint density at radius 2 is 1.90 bits per heavy atom. The lowest BCUT2D eigenvalue weighted by atomic mass is 9.93. The normalized spacial score (nSPS) is 12.2. The Kier molecular flexibility index (Phi) is 5.30. The van der Waals surface area contributed by atoms with Crippen LogP contribution in [0, 0.1) is 15.5 Å². The fourth-order valence-corrected chi connectivity index (χ4v) is 2.86. The molecular formula is C13H21N3O4S. The highest BCUT2D eigenvalue weighted by atomic mass is 32.2. The van der Waals surface area contributed by atoms with Crippen molar-refractivity contribution in [2.75, 3.05) is 18.9 Å². The first-order valence-electron chi connectivity index (χ1n) is 6.53. The van der Waals surface area contributed by atoms with Crippen LogP contribution in [0.2, 0.25) is 0 Å². The molecule has 0 unspecified atom stereocenters. The fourth-order valence-electron chi connectivity index (χ4n) is 1.68. The number of nitrogens with one attached hydrogen (secondary N) is 2. The lowest BCUT2D eigenvalue weighted by Gasteiger charge is -2.18. The molecule has 0 radical (unpaired) electrons. The highest BCUT2D eigenvalue weighted by Gasteiger charge is 2.26. The Balaban J connectivity index is 3.05. The standard InChI is InChI=1S/C13H21N3O4S/c1-13(2,3)7-8-15-21(19,20)12-6-5-10(14-4)9-11(12)16(17)18/h5-6,9,14-15H,7-8H2,1-4H3. The van der Waals surface area contributed by atoms with Gasteiger partial charge in [0.15, 0.2) is 4.90 Å². The number of hydrogen-bond acceptors (Lipinski definition) is 5. The number of nitrogens with zero attached hydrogens (tertiary/aromatic N) is 1. The van der Waals surface area contributed by atoms with E-state index in [0.717, 1.165) is 0 Å². The number of hydrogen-bond donors (Lipinski definition) is 2. The summed E-state index contributed by atoms with van der Waals surface area (Å²) in [4.78, 5) is 10.0. The van der Waals surface area contributed by atoms with Gasteiger partial charge in [0.1, 0.15) is 0 Å². The van der Waals surface area contributed by atoms with Gasteiger partial charge in [-0.05, 0) is 24.0 Å². The molecule has 1 aromatic rings. The molecule has 118 valence electrons. The Hall–Kier alpha value is -1.67. The van der Waals surface area contributed by atoms with Crippen molar-refractivity contribution in [1.29, 1.82) is 0 Å². The third-order valence-corrected chi connectivity index (χ3v) is 4.41. The molecule has 0 aliphatic carbocycles. The van der Waals surface area contributed by atoms with Crippen molar-refractivity contribution in [1.82, 2.24) is 4.72 Å². The number of nitro benzene ring substituents is 1. The lowest BCUT2D eigenvalue weighted by Crippen LogP contribution is -2.28. The van der Waals surface area contributed by atoms with Gasteiger partial charge in [0.05, 0.1) is 4.92 Å². The highest BCUT2D eigenvalue weighted by Crippen LogP contribution is 2.27. The van der Waals surface area contributed by atoms with Gasteiger partial charge in [0.2, 0.25) is 10.0 Å². The van der Waals surface area contributed by atoms with Crippen LogP contribution in [0.5, 0.6) is 0 Å². The van der Waals surface area contributed by atoms with Crippen LogP contribution in [0.1, 0.15) is 27.2 Å². The van der Waals surface area contributed by atoms with Gasteiger partial charge in [-0.15, -0.1) is 0 Å². The first-order valence-corrected chi connectivity index (χ1v) is 8.01. The van der Waals surface area contributed by atoms with Crippen LogP contribution in [0.15, 0.2) is 23.1 Å². The zero-order chi connectivity index (χ0) is 16.3. The van der Waals surface area contributed by atoms with Crippen molar-refractivity contribution >= 4 is 21.4 Å². The van der Waals surface area contributed by atoms with Gasteiger partial charge >= 0.3 is 0 Å². The van der Waals surface area contributed by atoms with Crippen molar-refractivity contribution in [3.8, 4) is 0 Å². The molecule has 0 atom stereocenters. The molecule has 0 heterocycles. The minimum atomic E-state index is -3.90. The summed E-state index contributed by atoms with van der Waals surface area (Å²) in [5, 5.41) is 13.8. The molecule has 0 saturated carbocycles. The smallest absolute Gasteiger partial charge is 0.291 e. The van der Waals surface area contributed by atoms with Gasteiger partial charge in [-0.3, -0.25) is 10.1 Å². The number of sulfonamides is 1. The largest absolute Gasteiger partial charge is 0.388 e. The minimum Gasteiger partial charge on any atom is -0.388 e. The van der Waals surface area contributed by atoms with Crippen LogP contribution >= 0.6 is 0 Å². The van der Waals surface area contributed by atoms with E-state index in [1.54, 1.807) is 7.05 Å². The van der Waals surface area contributed by atoms with Crippen molar-refractivity contribution < 1.29 is 13.3 Å². The minimum absolute atomic E-state index is 0.0234. The van der Waals surface area contributed by atoms with E-state index in [4.69, 9.17) is 0 Å². The van der Waals surface area contributed by atoms with Gasteiger partial charge in [0.25, 0.3) is 5.69 Å². The number of rotatable bonds is 6. The van der Waals surface area contributed by atoms with Crippen molar-refractivity contribution in [2.45, 2.75) is 32.1 Å². The molecule has 0 aliphatic heterocycles. The predicted molar refractivity (Wildman–Crippen MR) is 81.9 cm³/mol. The van der Waals surface area contributed by atoms with Crippen LogP contribution in [0.4, 0.5) is 11.4 Å². The Labute approximate surface area is 124 Å². The molecule has 0 bridgehead atoms. The van der Waals surface area contributed by atoms with Crippen molar-refractivity contribution in [3.63, 3.8) is 0 Å². The molecule has 1 rings (SSSR count). The second-order valence-corrected chi connectivity index (χ2v) is 7.63. The second kappa shape index (κ2) is 6.40. The number of nitro groups is 1. The van der Waals surface area contributed by atoms with E-state index >= 15 is 0 Å². The van der Waals surface area contributed by atoms with Crippen LogP contribution in [0.3, 0.4) is 0 Å². The Bertz CT molecular complexity index is 621. The molecule has 0 spiro atoms. The molecule has 8 heteroatoms. The van der Waals surface area contributed by atoms with E-state index in [1.807, 2.05) is 20.8 Å². The number of anilines is 1. The lowest BCUT2D eigenvalue weighted by molar-refractivity contribution is -0.387. The van der Waals surface area contributed by atoms with E-state index in [1.165, 1.54) is 18.2 Å². The summed E-state index contributed by atoms with van der Waals surface area (Å²) in [6.45, 7) is 6.21. The topological polar surface area (TPSA) is 101 Å². The van der Waals surface area contributed by atoms with Crippen LogP contribution in [0.25, 0.3) is 0 Å². The molecule has 7 nitrogen and oxygen atoms in total. The van der Waals surface area contributed by atoms with E-state index in [9.17, 15) is 18.5 Å². The molecule has 0 fully saturated rings. The molecule has 1 aromatic carbocycles. The summed E-state index contributed by atoms with van der Waals surface area (Å²) >= 11 is 0. The van der Waals surface area contributed by atoms with Gasteiger partial charge in [-0.2, -0.15) is 0 Å². The summed E-state index contributed by atoms with van der Waals surface area (Å²) in [6, 6.07) is 3.94. The number of benzene rings is 1. The van der Waals surface area contributed by atoms with Gasteiger partial charge in [-0.1, -0.05) is 20.8 Å². The average Bonchev–Trinajstić information content (AvgIpc) is 2.36. The van der Waals surface area contributed by atoms with Crippen molar-refractivity contribution in [2.24, 2.45) is 5.41 Å². The van der Waals surface area contributed by atoms with E-state index in [0.29, 0.717) is 12.1 Å². The van der Waals surface area contributed by atoms with Gasteiger partial charge < -0.3 is 5.32 Å². The fraction of sp³-hybridized carbons (Fsp3) is 0.538. The van der Waals surface area contributed by atoms with Crippen molar-refractivity contribution in [3.05, 3.63) is 28.3 Å². The monoisotopic (exact) mass is 315 g/mol. The highest BCUT2D eigenvalue weighted by molar-refractivity contribution is 7.89. The zero-order valence-corrected chi connectivity index (χ0v) is 13.5. The Morgan fingerprint density at radius 3 is 2.38 bits per heavy atom. The maximum absolute atomic E-state index is 12.2. The second-order valence-electron chi connectivity index (χ2n) is 5.90. The van der Waals surface area contributed by atoms with E-state index in [2.05, 4.69) is 10.0 Å². The van der Waals surface area contributed by atoms with Crippen LogP contribution in [-0.4, -0.2) is 26.9 Å². The van der Waals surface area contributed by atoms with E-state index < -0.39 is 20.6 Å². The molecular weight excluding hydrogens is 294 g/mol. The SMILES string of the molecule is CNc1ccc(S(=O)(=O)NCCC(C)(C)C)c([N+](=O)[O-])c1. The average molecular weight is 315 g/mol. The molecule has 21 heavy (non-hydrogen) atoms. The summed E-state index contributed by atoms with van der Waals surface area (Å²) < 4.78 is 26.8. The van der Waals surface area contributed by atoms with Gasteiger partial charge in [0, 0.05) is 25.3 Å². The predicted octanol–water partition coefficient (Wildman–Crippen LogP) is 2.35. The summed E-state index contributed by atoms with van der Waals surface area (Å²) in [6.07, 6.45) is 0.634. The molecule has 0 saturated heterocycles. The van der Waals surface area contributed by atoms with Crippen LogP contribution < -0.4 is 10.0 Å². The first kappa shape index (κ1) is 17.4. The van der Waals surface area contributed by atoms with E-state index in [-0.39, 0.29) is 16.9 Å². The van der Waals surface area contributed by atoms with Crippen LogP contribution in [-0.2, 0) is 10.0 Å². The first-order chi connectivity index (χ1) is 9.57. The summed E-state index contributed by atoms with van der Waals surface area (Å²) in [5.74, 6) is 0. The quantitative estimate of drug-likeness (QED) is 0.620. The maximum atomic E-state index is 12.2.